The molecule has 0 unspecified atom stereocenters. The van der Waals surface area contributed by atoms with Gasteiger partial charge in [-0.3, -0.25) is 0 Å². The maximum absolute atomic E-state index is 13.6. The monoisotopic (exact) mass is 339 g/mol. The number of hydrogen-bond acceptors (Lipinski definition) is 3. The van der Waals surface area contributed by atoms with Crippen LogP contribution >= 0.6 is 15.9 Å². The van der Waals surface area contributed by atoms with E-state index in [0.717, 1.165) is 6.07 Å². The second-order valence-corrected chi connectivity index (χ2v) is 7.01. The number of ether oxygens (including phenoxy) is 1. The van der Waals surface area contributed by atoms with E-state index in [1.54, 1.807) is 13.8 Å². The van der Waals surface area contributed by atoms with Gasteiger partial charge in [-0.05, 0) is 32.0 Å². The lowest BCUT2D eigenvalue weighted by Crippen LogP contribution is -2.39. The molecule has 0 aliphatic heterocycles. The Morgan fingerprint density at radius 2 is 2.06 bits per heavy atom. The van der Waals surface area contributed by atoms with Crippen molar-refractivity contribution in [1.82, 2.24) is 4.72 Å². The summed E-state index contributed by atoms with van der Waals surface area (Å²) in [7, 11) is -2.40. The molecule has 0 aromatic heterocycles. The minimum absolute atomic E-state index is 0.0569. The Kier molecular flexibility index (Phi) is 4.88. The molecule has 18 heavy (non-hydrogen) atoms. The summed E-state index contributed by atoms with van der Waals surface area (Å²) in [6.45, 7) is 3.52. The number of halogens is 2. The lowest BCUT2D eigenvalue weighted by Gasteiger charge is -2.23. The van der Waals surface area contributed by atoms with Gasteiger partial charge in [0.25, 0.3) is 0 Å². The van der Waals surface area contributed by atoms with Crippen LogP contribution in [0.25, 0.3) is 0 Å². The minimum Gasteiger partial charge on any atom is -0.377 e. The fourth-order valence-electron chi connectivity index (χ4n) is 1.11. The molecule has 0 amide bonds. The first-order valence-electron chi connectivity index (χ1n) is 5.18. The number of benzene rings is 1. The molecule has 1 aromatic carbocycles. The van der Waals surface area contributed by atoms with Gasteiger partial charge in [-0.15, -0.1) is 0 Å². The fraction of sp³-hybridized carbons (Fsp3) is 0.455. The van der Waals surface area contributed by atoms with Gasteiger partial charge in [0.1, 0.15) is 10.7 Å². The summed E-state index contributed by atoms with van der Waals surface area (Å²) in [6, 6.07) is 3.79. The Hall–Kier alpha value is -0.500. The molecule has 0 aliphatic rings. The van der Waals surface area contributed by atoms with Gasteiger partial charge in [0, 0.05) is 18.1 Å². The van der Waals surface area contributed by atoms with Crippen LogP contribution in [0.15, 0.2) is 27.6 Å². The molecule has 0 spiro atoms. The molecule has 0 heterocycles. The van der Waals surface area contributed by atoms with Crippen LogP contribution in [0, 0.1) is 5.82 Å². The topological polar surface area (TPSA) is 55.4 Å². The number of methoxy groups -OCH3 is 1. The first kappa shape index (κ1) is 15.6. The van der Waals surface area contributed by atoms with Gasteiger partial charge in [-0.2, -0.15) is 0 Å². The molecule has 1 rings (SSSR count). The second-order valence-electron chi connectivity index (χ2n) is 4.36. The van der Waals surface area contributed by atoms with Crippen LogP contribution in [-0.4, -0.2) is 27.7 Å². The van der Waals surface area contributed by atoms with Gasteiger partial charge in [0.05, 0.1) is 5.60 Å². The van der Waals surface area contributed by atoms with Gasteiger partial charge >= 0.3 is 0 Å². The van der Waals surface area contributed by atoms with Gasteiger partial charge in [0.15, 0.2) is 0 Å². The highest BCUT2D eigenvalue weighted by atomic mass is 79.9. The van der Waals surface area contributed by atoms with Crippen molar-refractivity contribution in [3.8, 4) is 0 Å². The highest BCUT2D eigenvalue weighted by molar-refractivity contribution is 9.10. The summed E-state index contributed by atoms with van der Waals surface area (Å²) >= 11 is 3.07. The SMILES string of the molecule is COC(C)(C)CNS(=O)(=O)c1ccc(Br)cc1F. The molecule has 0 radical (unpaired) electrons. The number of hydrogen-bond donors (Lipinski definition) is 1. The molecule has 0 fully saturated rings. The minimum atomic E-state index is -3.88. The van der Waals surface area contributed by atoms with E-state index in [1.165, 1.54) is 19.2 Å². The van der Waals surface area contributed by atoms with E-state index >= 15 is 0 Å². The summed E-state index contributed by atoms with van der Waals surface area (Å²) in [6.07, 6.45) is 0. The Morgan fingerprint density at radius 1 is 1.44 bits per heavy atom. The molecule has 7 heteroatoms. The second kappa shape index (κ2) is 5.64. The smallest absolute Gasteiger partial charge is 0.243 e. The lowest BCUT2D eigenvalue weighted by atomic mass is 10.1. The van der Waals surface area contributed by atoms with Gasteiger partial charge in [0.2, 0.25) is 10.0 Å². The highest BCUT2D eigenvalue weighted by Crippen LogP contribution is 2.19. The zero-order valence-electron chi connectivity index (χ0n) is 10.3. The van der Waals surface area contributed by atoms with E-state index in [4.69, 9.17) is 4.74 Å². The third kappa shape index (κ3) is 4.01. The van der Waals surface area contributed by atoms with Crippen LogP contribution in [0.5, 0.6) is 0 Å². The van der Waals surface area contributed by atoms with Crippen molar-refractivity contribution in [2.75, 3.05) is 13.7 Å². The molecule has 1 N–H and O–H groups in total. The summed E-state index contributed by atoms with van der Waals surface area (Å²) in [5.74, 6) is -0.799. The fourth-order valence-corrected chi connectivity index (χ4v) is 2.70. The molecule has 0 bridgehead atoms. The average molecular weight is 340 g/mol. The standard InChI is InChI=1S/C11H15BrFNO3S/c1-11(2,17-3)7-14-18(15,16)10-5-4-8(12)6-9(10)13/h4-6,14H,7H2,1-3H3. The normalized spacial score (nSPS) is 12.7. The largest absolute Gasteiger partial charge is 0.377 e. The third-order valence-corrected chi connectivity index (χ3v) is 4.35. The zero-order valence-corrected chi connectivity index (χ0v) is 12.7. The first-order chi connectivity index (χ1) is 8.18. The Balaban J connectivity index is 2.94. The van der Waals surface area contributed by atoms with E-state index in [2.05, 4.69) is 20.7 Å². The van der Waals surface area contributed by atoms with E-state index in [9.17, 15) is 12.8 Å². The van der Waals surface area contributed by atoms with Crippen molar-refractivity contribution in [2.24, 2.45) is 0 Å². The van der Waals surface area contributed by atoms with E-state index in [-0.39, 0.29) is 11.4 Å². The predicted molar refractivity (Wildman–Crippen MR) is 70.4 cm³/mol. The lowest BCUT2D eigenvalue weighted by molar-refractivity contribution is 0.0276. The maximum atomic E-state index is 13.6. The van der Waals surface area contributed by atoms with Crippen molar-refractivity contribution in [2.45, 2.75) is 24.3 Å². The zero-order chi connectivity index (χ0) is 14.0. The van der Waals surface area contributed by atoms with Gasteiger partial charge in [-0.25, -0.2) is 17.5 Å². The first-order valence-corrected chi connectivity index (χ1v) is 7.45. The Morgan fingerprint density at radius 3 is 2.56 bits per heavy atom. The van der Waals surface area contributed by atoms with Crippen LogP contribution in [0.2, 0.25) is 0 Å². The molecule has 0 atom stereocenters. The molecule has 0 aliphatic carbocycles. The van der Waals surface area contributed by atoms with Crippen LogP contribution in [-0.2, 0) is 14.8 Å². The molecule has 0 saturated carbocycles. The van der Waals surface area contributed by atoms with Crippen LogP contribution in [0.1, 0.15) is 13.8 Å². The summed E-state index contributed by atoms with van der Waals surface area (Å²) in [5, 5.41) is 0. The highest BCUT2D eigenvalue weighted by Gasteiger charge is 2.23. The van der Waals surface area contributed by atoms with Crippen molar-refractivity contribution in [3.63, 3.8) is 0 Å². The van der Waals surface area contributed by atoms with Crippen LogP contribution < -0.4 is 4.72 Å². The van der Waals surface area contributed by atoms with Gasteiger partial charge in [-0.1, -0.05) is 15.9 Å². The Bertz CT molecular complexity index is 531. The maximum Gasteiger partial charge on any atom is 0.243 e. The van der Waals surface area contributed by atoms with Gasteiger partial charge < -0.3 is 4.74 Å². The summed E-state index contributed by atoms with van der Waals surface area (Å²) < 4.78 is 45.3. The van der Waals surface area contributed by atoms with Crippen molar-refractivity contribution in [1.29, 1.82) is 0 Å². The number of rotatable bonds is 5. The Labute approximate surface area is 115 Å². The van der Waals surface area contributed by atoms with E-state index in [0.29, 0.717) is 4.47 Å². The molecular formula is C11H15BrFNO3S. The van der Waals surface area contributed by atoms with E-state index in [1.807, 2.05) is 0 Å². The summed E-state index contributed by atoms with van der Waals surface area (Å²) in [5.41, 5.74) is -0.654. The molecular weight excluding hydrogens is 325 g/mol. The van der Waals surface area contributed by atoms with Crippen molar-refractivity contribution >= 4 is 26.0 Å². The summed E-state index contributed by atoms with van der Waals surface area (Å²) in [4.78, 5) is -0.377. The number of nitrogens with one attached hydrogen (secondary N) is 1. The van der Waals surface area contributed by atoms with E-state index < -0.39 is 21.4 Å². The van der Waals surface area contributed by atoms with Crippen molar-refractivity contribution in [3.05, 3.63) is 28.5 Å². The van der Waals surface area contributed by atoms with Crippen molar-refractivity contribution < 1.29 is 17.5 Å². The molecule has 0 saturated heterocycles. The predicted octanol–water partition coefficient (Wildman–Crippen LogP) is 2.29. The van der Waals surface area contributed by atoms with Crippen LogP contribution in [0.4, 0.5) is 4.39 Å². The third-order valence-electron chi connectivity index (χ3n) is 2.42. The molecule has 102 valence electrons. The molecule has 4 nitrogen and oxygen atoms in total. The number of sulfonamides is 1. The average Bonchev–Trinajstić information content (AvgIpc) is 2.26. The quantitative estimate of drug-likeness (QED) is 0.895. The molecule has 1 aromatic rings. The van der Waals surface area contributed by atoms with Crippen LogP contribution in [0.3, 0.4) is 0 Å².